The molecule has 1 aliphatic carbocycles. The molecule has 0 aromatic carbocycles. The summed E-state index contributed by atoms with van der Waals surface area (Å²) in [6, 6.07) is 0.0581. The first-order valence-corrected chi connectivity index (χ1v) is 6.45. The molecule has 0 saturated heterocycles. The van der Waals surface area contributed by atoms with E-state index in [2.05, 4.69) is 4.72 Å². The first kappa shape index (κ1) is 11.9. The van der Waals surface area contributed by atoms with Crippen LogP contribution in [0.2, 0.25) is 0 Å². The van der Waals surface area contributed by atoms with E-state index in [1.807, 2.05) is 0 Å². The van der Waals surface area contributed by atoms with Crippen molar-refractivity contribution in [3.05, 3.63) is 0 Å². The zero-order valence-electron chi connectivity index (χ0n) is 8.40. The van der Waals surface area contributed by atoms with Crippen molar-refractivity contribution in [2.24, 2.45) is 5.73 Å². The van der Waals surface area contributed by atoms with Crippen LogP contribution in [-0.2, 0) is 14.8 Å². The SMILES string of the molecule is COC1CC(NS(=O)(=O)CCCN)C1. The van der Waals surface area contributed by atoms with Crippen molar-refractivity contribution in [1.82, 2.24) is 4.72 Å². The van der Waals surface area contributed by atoms with E-state index in [9.17, 15) is 8.42 Å². The Morgan fingerprint density at radius 1 is 1.50 bits per heavy atom. The van der Waals surface area contributed by atoms with Gasteiger partial charge in [0.2, 0.25) is 10.0 Å². The van der Waals surface area contributed by atoms with Crippen molar-refractivity contribution in [3.63, 3.8) is 0 Å². The van der Waals surface area contributed by atoms with Crippen LogP contribution in [0.4, 0.5) is 0 Å². The summed E-state index contributed by atoms with van der Waals surface area (Å²) in [6.07, 6.45) is 2.28. The normalized spacial score (nSPS) is 27.3. The summed E-state index contributed by atoms with van der Waals surface area (Å²) in [5, 5.41) is 0. The lowest BCUT2D eigenvalue weighted by molar-refractivity contribution is 0.0236. The molecule has 1 rings (SSSR count). The number of hydrogen-bond acceptors (Lipinski definition) is 4. The molecule has 5 nitrogen and oxygen atoms in total. The van der Waals surface area contributed by atoms with Crippen LogP contribution >= 0.6 is 0 Å². The molecule has 84 valence electrons. The lowest BCUT2D eigenvalue weighted by Gasteiger charge is -2.34. The van der Waals surface area contributed by atoms with E-state index in [1.165, 1.54) is 0 Å². The lowest BCUT2D eigenvalue weighted by atomic mass is 9.90. The quantitative estimate of drug-likeness (QED) is 0.630. The fourth-order valence-electron chi connectivity index (χ4n) is 1.44. The van der Waals surface area contributed by atoms with Crippen LogP contribution in [0.15, 0.2) is 0 Å². The number of nitrogens with two attached hydrogens (primary N) is 1. The maximum Gasteiger partial charge on any atom is 0.211 e. The first-order chi connectivity index (χ1) is 6.57. The van der Waals surface area contributed by atoms with Gasteiger partial charge in [-0.15, -0.1) is 0 Å². The largest absolute Gasteiger partial charge is 0.381 e. The monoisotopic (exact) mass is 222 g/mol. The molecular weight excluding hydrogens is 204 g/mol. The Hall–Kier alpha value is -0.170. The number of ether oxygens (including phenoxy) is 1. The van der Waals surface area contributed by atoms with Crippen LogP contribution in [0.5, 0.6) is 0 Å². The van der Waals surface area contributed by atoms with Gasteiger partial charge in [-0.05, 0) is 25.8 Å². The van der Waals surface area contributed by atoms with Gasteiger partial charge in [-0.25, -0.2) is 13.1 Å². The topological polar surface area (TPSA) is 81.4 Å². The van der Waals surface area contributed by atoms with Gasteiger partial charge in [0.15, 0.2) is 0 Å². The van der Waals surface area contributed by atoms with Crippen molar-refractivity contribution in [2.45, 2.75) is 31.4 Å². The van der Waals surface area contributed by atoms with Crippen molar-refractivity contribution in [2.75, 3.05) is 19.4 Å². The van der Waals surface area contributed by atoms with E-state index < -0.39 is 10.0 Å². The highest BCUT2D eigenvalue weighted by molar-refractivity contribution is 7.89. The molecule has 0 aromatic rings. The molecule has 0 aromatic heterocycles. The Morgan fingerprint density at radius 3 is 2.64 bits per heavy atom. The van der Waals surface area contributed by atoms with E-state index in [0.717, 1.165) is 12.8 Å². The van der Waals surface area contributed by atoms with Crippen molar-refractivity contribution < 1.29 is 13.2 Å². The number of hydrogen-bond donors (Lipinski definition) is 2. The number of methoxy groups -OCH3 is 1. The van der Waals surface area contributed by atoms with E-state index >= 15 is 0 Å². The maximum absolute atomic E-state index is 11.4. The highest BCUT2D eigenvalue weighted by Crippen LogP contribution is 2.23. The zero-order valence-corrected chi connectivity index (χ0v) is 9.22. The average Bonchev–Trinajstić information content (AvgIpc) is 2.07. The Kier molecular flexibility index (Phi) is 4.31. The fraction of sp³-hybridized carbons (Fsp3) is 1.00. The maximum atomic E-state index is 11.4. The summed E-state index contributed by atoms with van der Waals surface area (Å²) in [7, 11) is -1.48. The van der Waals surface area contributed by atoms with Crippen LogP contribution in [0.3, 0.4) is 0 Å². The molecular formula is C8H18N2O3S. The van der Waals surface area contributed by atoms with Gasteiger partial charge in [0.1, 0.15) is 0 Å². The first-order valence-electron chi connectivity index (χ1n) is 4.80. The van der Waals surface area contributed by atoms with Crippen molar-refractivity contribution in [1.29, 1.82) is 0 Å². The molecule has 0 amide bonds. The average molecular weight is 222 g/mol. The summed E-state index contributed by atoms with van der Waals surface area (Å²) < 4.78 is 30.4. The highest BCUT2D eigenvalue weighted by atomic mass is 32.2. The van der Waals surface area contributed by atoms with E-state index in [4.69, 9.17) is 10.5 Å². The Bertz CT molecular complexity index is 260. The molecule has 1 saturated carbocycles. The van der Waals surface area contributed by atoms with Gasteiger partial charge in [0, 0.05) is 13.2 Å². The van der Waals surface area contributed by atoms with Gasteiger partial charge >= 0.3 is 0 Å². The van der Waals surface area contributed by atoms with Gasteiger partial charge < -0.3 is 10.5 Å². The molecule has 0 radical (unpaired) electrons. The molecule has 0 heterocycles. The molecule has 1 fully saturated rings. The van der Waals surface area contributed by atoms with Crippen LogP contribution in [0.1, 0.15) is 19.3 Å². The minimum absolute atomic E-state index is 0.0581. The Morgan fingerprint density at radius 2 is 2.14 bits per heavy atom. The summed E-state index contributed by atoms with van der Waals surface area (Å²) in [5.74, 6) is 0.123. The molecule has 14 heavy (non-hydrogen) atoms. The lowest BCUT2D eigenvalue weighted by Crippen LogP contribution is -2.48. The van der Waals surface area contributed by atoms with Crippen molar-refractivity contribution >= 4 is 10.0 Å². The summed E-state index contributed by atoms with van der Waals surface area (Å²) >= 11 is 0. The van der Waals surface area contributed by atoms with Gasteiger partial charge in [-0.3, -0.25) is 0 Å². The van der Waals surface area contributed by atoms with E-state index in [-0.39, 0.29) is 17.9 Å². The smallest absolute Gasteiger partial charge is 0.211 e. The predicted molar refractivity (Wildman–Crippen MR) is 54.4 cm³/mol. The molecule has 0 spiro atoms. The molecule has 0 atom stereocenters. The van der Waals surface area contributed by atoms with Crippen molar-refractivity contribution in [3.8, 4) is 0 Å². The highest BCUT2D eigenvalue weighted by Gasteiger charge is 2.31. The third kappa shape index (κ3) is 3.53. The number of nitrogens with one attached hydrogen (secondary N) is 1. The molecule has 6 heteroatoms. The second kappa shape index (κ2) is 5.06. The predicted octanol–water partition coefficient (Wildman–Crippen LogP) is -0.568. The fourth-order valence-corrected chi connectivity index (χ4v) is 2.81. The minimum atomic E-state index is -3.12. The van der Waals surface area contributed by atoms with Crippen LogP contribution in [0, 0.1) is 0 Å². The van der Waals surface area contributed by atoms with Crippen LogP contribution in [0.25, 0.3) is 0 Å². The Labute approximate surface area is 85.1 Å². The van der Waals surface area contributed by atoms with Gasteiger partial charge in [0.25, 0.3) is 0 Å². The third-order valence-corrected chi connectivity index (χ3v) is 3.91. The molecule has 0 aliphatic heterocycles. The van der Waals surface area contributed by atoms with Gasteiger partial charge in [-0.2, -0.15) is 0 Å². The van der Waals surface area contributed by atoms with Crippen LogP contribution < -0.4 is 10.5 Å². The molecule has 3 N–H and O–H groups in total. The van der Waals surface area contributed by atoms with Gasteiger partial charge in [0.05, 0.1) is 11.9 Å². The third-order valence-electron chi connectivity index (χ3n) is 2.39. The van der Waals surface area contributed by atoms with E-state index in [0.29, 0.717) is 13.0 Å². The second-order valence-corrected chi connectivity index (χ2v) is 5.48. The van der Waals surface area contributed by atoms with E-state index in [1.54, 1.807) is 7.11 Å². The van der Waals surface area contributed by atoms with Crippen LogP contribution in [-0.4, -0.2) is 40.0 Å². The number of sulfonamides is 1. The standard InChI is InChI=1S/C8H18N2O3S/c1-13-8-5-7(6-8)10-14(11,12)4-2-3-9/h7-8,10H,2-6,9H2,1H3. The van der Waals surface area contributed by atoms with Gasteiger partial charge in [-0.1, -0.05) is 0 Å². The second-order valence-electron chi connectivity index (χ2n) is 3.60. The summed E-state index contributed by atoms with van der Waals surface area (Å²) in [5.41, 5.74) is 5.24. The minimum Gasteiger partial charge on any atom is -0.381 e. The molecule has 0 unspecified atom stereocenters. The molecule has 0 bridgehead atoms. The summed E-state index contributed by atoms with van der Waals surface area (Å²) in [6.45, 7) is 0.409. The molecule has 1 aliphatic rings. The number of rotatable bonds is 6. The zero-order chi connectivity index (χ0) is 10.6. The Balaban J connectivity index is 2.24. The summed E-state index contributed by atoms with van der Waals surface area (Å²) in [4.78, 5) is 0.